The van der Waals surface area contributed by atoms with Gasteiger partial charge in [-0.2, -0.15) is 0 Å². The second-order valence-corrected chi connectivity index (χ2v) is 5.74. The molecule has 0 aromatic heterocycles. The minimum atomic E-state index is 0.424. The van der Waals surface area contributed by atoms with Crippen molar-refractivity contribution < 1.29 is 4.74 Å². The summed E-state index contributed by atoms with van der Waals surface area (Å²) >= 11 is 6.99. The third-order valence-corrected chi connectivity index (χ3v) is 4.11. The van der Waals surface area contributed by atoms with Crippen LogP contribution in [0.2, 0.25) is 0 Å². The zero-order valence-electron chi connectivity index (χ0n) is 9.22. The van der Waals surface area contributed by atoms with Gasteiger partial charge in [-0.3, -0.25) is 0 Å². The molecule has 16 heavy (non-hydrogen) atoms. The molecule has 1 aliphatic carbocycles. The smallest absolute Gasteiger partial charge is 0.123 e. The average molecular weight is 348 g/mol. The highest BCUT2D eigenvalue weighted by atomic mass is 79.9. The van der Waals surface area contributed by atoms with Gasteiger partial charge in [0.2, 0.25) is 0 Å². The molecule has 0 amide bonds. The van der Waals surface area contributed by atoms with E-state index in [-0.39, 0.29) is 0 Å². The van der Waals surface area contributed by atoms with Crippen molar-refractivity contribution in [2.24, 2.45) is 0 Å². The molecular formula is C13H16Br2O. The van der Waals surface area contributed by atoms with Gasteiger partial charge in [0.1, 0.15) is 5.75 Å². The van der Waals surface area contributed by atoms with Crippen LogP contribution in [0.1, 0.15) is 37.7 Å². The van der Waals surface area contributed by atoms with Gasteiger partial charge in [0.15, 0.2) is 0 Å². The molecule has 1 aliphatic rings. The van der Waals surface area contributed by atoms with Crippen molar-refractivity contribution in [1.82, 2.24) is 0 Å². The maximum absolute atomic E-state index is 6.08. The molecule has 0 bridgehead atoms. The van der Waals surface area contributed by atoms with Crippen molar-refractivity contribution in [2.75, 3.05) is 0 Å². The zero-order chi connectivity index (χ0) is 11.4. The quantitative estimate of drug-likeness (QED) is 0.695. The number of halogens is 2. The normalized spacial score (nSPS) is 17.4. The topological polar surface area (TPSA) is 9.23 Å². The second-order valence-electron chi connectivity index (χ2n) is 4.26. The summed E-state index contributed by atoms with van der Waals surface area (Å²) in [5, 5.41) is 0.842. The fourth-order valence-electron chi connectivity index (χ4n) is 2.13. The lowest BCUT2D eigenvalue weighted by Gasteiger charge is -2.24. The zero-order valence-corrected chi connectivity index (χ0v) is 12.4. The van der Waals surface area contributed by atoms with Gasteiger partial charge in [0, 0.05) is 15.4 Å². The number of ether oxygens (including phenoxy) is 1. The number of hydrogen-bond donors (Lipinski definition) is 0. The number of rotatable bonds is 3. The van der Waals surface area contributed by atoms with Crippen molar-refractivity contribution in [3.63, 3.8) is 0 Å². The average Bonchev–Trinajstić information content (AvgIpc) is 2.33. The highest BCUT2D eigenvalue weighted by molar-refractivity contribution is 9.10. The van der Waals surface area contributed by atoms with Crippen LogP contribution in [0.5, 0.6) is 5.75 Å². The van der Waals surface area contributed by atoms with Crippen LogP contribution >= 0.6 is 31.9 Å². The van der Waals surface area contributed by atoms with Crippen LogP contribution in [-0.2, 0) is 5.33 Å². The van der Waals surface area contributed by atoms with E-state index in [4.69, 9.17) is 4.74 Å². The van der Waals surface area contributed by atoms with Crippen molar-refractivity contribution in [3.05, 3.63) is 28.2 Å². The van der Waals surface area contributed by atoms with Crippen LogP contribution in [0.15, 0.2) is 22.7 Å². The molecule has 0 N–H and O–H groups in total. The summed E-state index contributed by atoms with van der Waals surface area (Å²) in [4.78, 5) is 0. The molecule has 0 unspecified atom stereocenters. The van der Waals surface area contributed by atoms with Gasteiger partial charge in [-0.05, 0) is 43.9 Å². The first-order chi connectivity index (χ1) is 7.79. The van der Waals surface area contributed by atoms with Crippen molar-refractivity contribution in [2.45, 2.75) is 43.5 Å². The van der Waals surface area contributed by atoms with Crippen LogP contribution < -0.4 is 4.74 Å². The highest BCUT2D eigenvalue weighted by Gasteiger charge is 2.16. The van der Waals surface area contributed by atoms with Crippen LogP contribution in [0, 0.1) is 0 Å². The van der Waals surface area contributed by atoms with Crippen LogP contribution in [0.4, 0.5) is 0 Å². The number of alkyl halides is 1. The number of hydrogen-bond acceptors (Lipinski definition) is 1. The molecule has 0 atom stereocenters. The van der Waals surface area contributed by atoms with Gasteiger partial charge < -0.3 is 4.74 Å². The summed E-state index contributed by atoms with van der Waals surface area (Å²) in [7, 11) is 0. The largest absolute Gasteiger partial charge is 0.490 e. The minimum absolute atomic E-state index is 0.424. The van der Waals surface area contributed by atoms with E-state index in [2.05, 4.69) is 44.0 Å². The molecule has 88 valence electrons. The first-order valence-electron chi connectivity index (χ1n) is 5.80. The summed E-state index contributed by atoms with van der Waals surface area (Å²) in [5.41, 5.74) is 1.22. The van der Waals surface area contributed by atoms with E-state index in [0.717, 1.165) is 15.6 Å². The highest BCUT2D eigenvalue weighted by Crippen LogP contribution is 2.29. The Balaban J connectivity index is 2.07. The lowest BCUT2D eigenvalue weighted by Crippen LogP contribution is -2.20. The molecule has 1 aromatic rings. The molecule has 1 aromatic carbocycles. The van der Waals surface area contributed by atoms with Crippen LogP contribution in [0.25, 0.3) is 0 Å². The summed E-state index contributed by atoms with van der Waals surface area (Å²) in [6.07, 6.45) is 6.82. The van der Waals surface area contributed by atoms with E-state index < -0.39 is 0 Å². The first kappa shape index (κ1) is 12.4. The Bertz CT molecular complexity index is 346. The van der Waals surface area contributed by atoms with Gasteiger partial charge in [0.05, 0.1) is 6.10 Å². The Morgan fingerprint density at radius 3 is 2.62 bits per heavy atom. The summed E-state index contributed by atoms with van der Waals surface area (Å²) < 4.78 is 7.19. The maximum atomic E-state index is 6.08. The minimum Gasteiger partial charge on any atom is -0.490 e. The molecule has 2 rings (SSSR count). The summed E-state index contributed by atoms with van der Waals surface area (Å²) in [6, 6.07) is 6.23. The molecule has 3 heteroatoms. The Kier molecular flexibility index (Phi) is 4.71. The van der Waals surface area contributed by atoms with Crippen LogP contribution in [-0.4, -0.2) is 6.10 Å². The lowest BCUT2D eigenvalue weighted by molar-refractivity contribution is 0.154. The molecular weight excluding hydrogens is 332 g/mol. The van der Waals surface area contributed by atoms with E-state index >= 15 is 0 Å². The molecule has 0 heterocycles. The predicted molar refractivity (Wildman–Crippen MR) is 74.3 cm³/mol. The monoisotopic (exact) mass is 346 g/mol. The van der Waals surface area contributed by atoms with Crippen molar-refractivity contribution in [1.29, 1.82) is 0 Å². The van der Waals surface area contributed by atoms with Crippen LogP contribution in [0.3, 0.4) is 0 Å². The van der Waals surface area contributed by atoms with Crippen molar-refractivity contribution in [3.8, 4) is 5.75 Å². The summed E-state index contributed by atoms with van der Waals surface area (Å²) in [5.74, 6) is 1.03. The molecule has 0 aliphatic heterocycles. The van der Waals surface area contributed by atoms with E-state index in [1.54, 1.807) is 0 Å². The third kappa shape index (κ3) is 3.24. The van der Waals surface area contributed by atoms with Gasteiger partial charge in [-0.15, -0.1) is 0 Å². The SMILES string of the molecule is BrCc1cc(Br)ccc1OC1CCCCC1. The van der Waals surface area contributed by atoms with Gasteiger partial charge in [-0.25, -0.2) is 0 Å². The molecule has 0 saturated heterocycles. The Morgan fingerprint density at radius 2 is 1.94 bits per heavy atom. The maximum Gasteiger partial charge on any atom is 0.123 e. The predicted octanol–water partition coefficient (Wildman–Crippen LogP) is 5.06. The second kappa shape index (κ2) is 6.06. The molecule has 1 saturated carbocycles. The Morgan fingerprint density at radius 1 is 1.19 bits per heavy atom. The van der Waals surface area contributed by atoms with Gasteiger partial charge in [-0.1, -0.05) is 38.3 Å². The molecule has 0 spiro atoms. The molecule has 1 fully saturated rings. The Labute approximate surface area is 114 Å². The van der Waals surface area contributed by atoms with Gasteiger partial charge >= 0.3 is 0 Å². The fraction of sp³-hybridized carbons (Fsp3) is 0.538. The van der Waals surface area contributed by atoms with E-state index in [9.17, 15) is 0 Å². The number of benzene rings is 1. The lowest BCUT2D eigenvalue weighted by atomic mass is 9.98. The summed E-state index contributed by atoms with van der Waals surface area (Å²) in [6.45, 7) is 0. The van der Waals surface area contributed by atoms with E-state index in [1.165, 1.54) is 37.7 Å². The van der Waals surface area contributed by atoms with E-state index in [0.29, 0.717) is 6.10 Å². The molecule has 0 radical (unpaired) electrons. The molecule has 1 nitrogen and oxygen atoms in total. The fourth-order valence-corrected chi connectivity index (χ4v) is 2.98. The standard InChI is InChI=1S/C13H16Br2O/c14-9-10-8-11(15)6-7-13(10)16-12-4-2-1-3-5-12/h6-8,12H,1-5,9H2. The first-order valence-corrected chi connectivity index (χ1v) is 7.72. The van der Waals surface area contributed by atoms with Gasteiger partial charge in [0.25, 0.3) is 0 Å². The Hall–Kier alpha value is -0.0200. The van der Waals surface area contributed by atoms with Crippen molar-refractivity contribution >= 4 is 31.9 Å². The van der Waals surface area contributed by atoms with E-state index in [1.807, 2.05) is 6.07 Å². The third-order valence-electron chi connectivity index (χ3n) is 3.01.